The molecular weight excluding hydrogens is 224 g/mol. The fraction of sp³-hybridized carbons (Fsp3) is 0.333. The van der Waals surface area contributed by atoms with Gasteiger partial charge in [-0.05, 0) is 30.2 Å². The standard InChI is InChI=1S/C9H11ClO3S/c1-14(12,13)8-2-3-9(10)7(6-8)4-5-11/h2-3,6,11H,4-5H2,1H3. The molecule has 0 unspecified atom stereocenters. The highest BCUT2D eigenvalue weighted by Crippen LogP contribution is 2.20. The van der Waals surface area contributed by atoms with E-state index in [0.717, 1.165) is 6.26 Å². The number of hydrogen-bond donors (Lipinski definition) is 1. The summed E-state index contributed by atoms with van der Waals surface area (Å²) < 4.78 is 22.4. The molecule has 0 aliphatic heterocycles. The highest BCUT2D eigenvalue weighted by Gasteiger charge is 2.09. The zero-order valence-corrected chi connectivity index (χ0v) is 9.27. The van der Waals surface area contributed by atoms with Crippen molar-refractivity contribution in [1.82, 2.24) is 0 Å². The van der Waals surface area contributed by atoms with Gasteiger partial charge < -0.3 is 5.11 Å². The summed E-state index contributed by atoms with van der Waals surface area (Å²) in [5.41, 5.74) is 0.650. The molecule has 0 amide bonds. The first-order valence-electron chi connectivity index (χ1n) is 4.04. The maximum absolute atomic E-state index is 11.2. The molecule has 14 heavy (non-hydrogen) atoms. The van der Waals surface area contributed by atoms with Gasteiger partial charge in [0.2, 0.25) is 0 Å². The molecule has 78 valence electrons. The number of benzene rings is 1. The molecule has 1 rings (SSSR count). The van der Waals surface area contributed by atoms with Crippen molar-refractivity contribution >= 4 is 21.4 Å². The van der Waals surface area contributed by atoms with Gasteiger partial charge in [0.1, 0.15) is 0 Å². The molecule has 5 heteroatoms. The zero-order valence-electron chi connectivity index (χ0n) is 7.70. The fourth-order valence-electron chi connectivity index (χ4n) is 1.09. The van der Waals surface area contributed by atoms with Crippen LogP contribution in [0.2, 0.25) is 5.02 Å². The molecule has 3 nitrogen and oxygen atoms in total. The minimum absolute atomic E-state index is 0.0487. The smallest absolute Gasteiger partial charge is 0.175 e. The number of rotatable bonds is 3. The van der Waals surface area contributed by atoms with Crippen molar-refractivity contribution in [3.05, 3.63) is 28.8 Å². The Labute approximate surface area is 88.2 Å². The highest BCUT2D eigenvalue weighted by molar-refractivity contribution is 7.90. The van der Waals surface area contributed by atoms with Crippen LogP contribution in [0.25, 0.3) is 0 Å². The average Bonchev–Trinajstić information content (AvgIpc) is 2.07. The largest absolute Gasteiger partial charge is 0.396 e. The van der Waals surface area contributed by atoms with E-state index >= 15 is 0 Å². The first kappa shape index (κ1) is 11.5. The molecule has 1 aromatic carbocycles. The van der Waals surface area contributed by atoms with Crippen molar-refractivity contribution in [3.63, 3.8) is 0 Å². The molecule has 0 aromatic heterocycles. The maximum atomic E-state index is 11.2. The van der Waals surface area contributed by atoms with Crippen LogP contribution < -0.4 is 0 Å². The van der Waals surface area contributed by atoms with E-state index in [1.165, 1.54) is 18.2 Å². The van der Waals surface area contributed by atoms with Crippen LogP contribution in [0.5, 0.6) is 0 Å². The van der Waals surface area contributed by atoms with E-state index < -0.39 is 9.84 Å². The molecule has 0 saturated carbocycles. The highest BCUT2D eigenvalue weighted by atomic mass is 35.5. The SMILES string of the molecule is CS(=O)(=O)c1ccc(Cl)c(CCO)c1. The number of sulfone groups is 1. The minimum atomic E-state index is -3.20. The topological polar surface area (TPSA) is 54.4 Å². The van der Waals surface area contributed by atoms with Gasteiger partial charge in [-0.3, -0.25) is 0 Å². The van der Waals surface area contributed by atoms with E-state index in [1.54, 1.807) is 0 Å². The quantitative estimate of drug-likeness (QED) is 0.857. The molecule has 1 N–H and O–H groups in total. The summed E-state index contributed by atoms with van der Waals surface area (Å²) in [6.07, 6.45) is 1.50. The zero-order chi connectivity index (χ0) is 10.8. The van der Waals surface area contributed by atoms with Crippen molar-refractivity contribution in [2.45, 2.75) is 11.3 Å². The number of hydrogen-bond acceptors (Lipinski definition) is 3. The third kappa shape index (κ3) is 2.70. The van der Waals surface area contributed by atoms with Crippen LogP contribution in [0.15, 0.2) is 23.1 Å². The Bertz CT molecular complexity index is 426. The Morgan fingerprint density at radius 1 is 1.43 bits per heavy atom. The van der Waals surface area contributed by atoms with Gasteiger partial charge in [0.25, 0.3) is 0 Å². The van der Waals surface area contributed by atoms with Crippen LogP contribution in [0.4, 0.5) is 0 Å². The van der Waals surface area contributed by atoms with Crippen LogP contribution in [-0.2, 0) is 16.3 Å². The first-order valence-corrected chi connectivity index (χ1v) is 6.31. The molecule has 0 aliphatic rings. The summed E-state index contributed by atoms with van der Waals surface area (Å²) >= 11 is 5.82. The van der Waals surface area contributed by atoms with Crippen molar-refractivity contribution in [3.8, 4) is 0 Å². The van der Waals surface area contributed by atoms with Gasteiger partial charge in [-0.25, -0.2) is 8.42 Å². The molecule has 0 heterocycles. The molecule has 1 aromatic rings. The molecule has 0 radical (unpaired) electrons. The lowest BCUT2D eigenvalue weighted by molar-refractivity contribution is 0.299. The van der Waals surface area contributed by atoms with Gasteiger partial charge in [-0.15, -0.1) is 0 Å². The van der Waals surface area contributed by atoms with Crippen molar-refractivity contribution in [2.75, 3.05) is 12.9 Å². The number of aliphatic hydroxyl groups is 1. The van der Waals surface area contributed by atoms with Crippen LogP contribution in [0, 0.1) is 0 Å². The second-order valence-corrected chi connectivity index (χ2v) is 5.42. The Morgan fingerprint density at radius 2 is 2.07 bits per heavy atom. The summed E-state index contributed by atoms with van der Waals surface area (Å²) in [4.78, 5) is 0.227. The molecule has 0 fully saturated rings. The van der Waals surface area contributed by atoms with E-state index in [0.29, 0.717) is 17.0 Å². The second-order valence-electron chi connectivity index (χ2n) is 3.00. The van der Waals surface area contributed by atoms with Gasteiger partial charge in [-0.2, -0.15) is 0 Å². The van der Waals surface area contributed by atoms with E-state index in [1.807, 2.05) is 0 Å². The fourth-order valence-corrected chi connectivity index (χ4v) is 1.98. The maximum Gasteiger partial charge on any atom is 0.175 e. The van der Waals surface area contributed by atoms with Gasteiger partial charge in [0, 0.05) is 17.9 Å². The average molecular weight is 235 g/mol. The summed E-state index contributed by atoms with van der Waals surface area (Å²) in [7, 11) is -3.20. The Hall–Kier alpha value is -0.580. The monoisotopic (exact) mass is 234 g/mol. The van der Waals surface area contributed by atoms with Crippen molar-refractivity contribution in [1.29, 1.82) is 0 Å². The van der Waals surface area contributed by atoms with Gasteiger partial charge in [-0.1, -0.05) is 11.6 Å². The van der Waals surface area contributed by atoms with Gasteiger partial charge >= 0.3 is 0 Å². The van der Waals surface area contributed by atoms with E-state index in [9.17, 15) is 8.42 Å². The number of halogens is 1. The lowest BCUT2D eigenvalue weighted by atomic mass is 10.2. The molecule has 0 aliphatic carbocycles. The van der Waals surface area contributed by atoms with Crippen LogP contribution in [0.1, 0.15) is 5.56 Å². The Kier molecular flexibility index (Phi) is 3.53. The molecule has 0 atom stereocenters. The van der Waals surface area contributed by atoms with Gasteiger partial charge in [0.15, 0.2) is 9.84 Å². The predicted octanol–water partition coefficient (Wildman–Crippen LogP) is 1.28. The summed E-state index contributed by atoms with van der Waals surface area (Å²) in [5, 5.41) is 9.21. The van der Waals surface area contributed by atoms with Crippen LogP contribution in [-0.4, -0.2) is 26.4 Å². The predicted molar refractivity (Wildman–Crippen MR) is 55.4 cm³/mol. The number of aliphatic hydroxyl groups excluding tert-OH is 1. The van der Waals surface area contributed by atoms with Gasteiger partial charge in [0.05, 0.1) is 4.90 Å². The normalized spacial score (nSPS) is 11.6. The van der Waals surface area contributed by atoms with E-state index in [4.69, 9.17) is 16.7 Å². The molecule has 0 saturated heterocycles. The Balaban J connectivity index is 3.20. The summed E-state index contributed by atoms with van der Waals surface area (Å²) in [6, 6.07) is 4.48. The lowest BCUT2D eigenvalue weighted by Gasteiger charge is -2.04. The third-order valence-corrected chi connectivity index (χ3v) is 3.31. The Morgan fingerprint density at radius 3 is 2.57 bits per heavy atom. The summed E-state index contributed by atoms with van der Waals surface area (Å²) in [6.45, 7) is -0.0487. The third-order valence-electron chi connectivity index (χ3n) is 1.83. The van der Waals surface area contributed by atoms with Crippen LogP contribution in [0.3, 0.4) is 0 Å². The van der Waals surface area contributed by atoms with Crippen molar-refractivity contribution in [2.24, 2.45) is 0 Å². The minimum Gasteiger partial charge on any atom is -0.396 e. The summed E-state index contributed by atoms with van der Waals surface area (Å²) in [5.74, 6) is 0. The van der Waals surface area contributed by atoms with E-state index in [-0.39, 0.29) is 11.5 Å². The molecule has 0 spiro atoms. The molecular formula is C9H11ClO3S. The van der Waals surface area contributed by atoms with Crippen LogP contribution >= 0.6 is 11.6 Å². The lowest BCUT2D eigenvalue weighted by Crippen LogP contribution is -1.99. The molecule has 0 bridgehead atoms. The van der Waals surface area contributed by atoms with E-state index in [2.05, 4.69) is 0 Å². The van der Waals surface area contributed by atoms with Crippen molar-refractivity contribution < 1.29 is 13.5 Å². The first-order chi connectivity index (χ1) is 6.45. The second kappa shape index (κ2) is 4.29.